The second kappa shape index (κ2) is 14.1. The van der Waals surface area contributed by atoms with E-state index in [4.69, 9.17) is 5.73 Å². The number of carbonyl (C=O) groups is 4. The first-order valence-electron chi connectivity index (χ1n) is 11.2. The van der Waals surface area contributed by atoms with Gasteiger partial charge in [-0.3, -0.25) is 14.4 Å². The highest BCUT2D eigenvalue weighted by atomic mass is 32.2. The molecule has 4 atom stereocenters. The van der Waals surface area contributed by atoms with E-state index in [2.05, 4.69) is 25.9 Å². The molecule has 0 aliphatic carbocycles. The average Bonchev–Trinajstić information content (AvgIpc) is 3.34. The molecule has 0 saturated heterocycles. The Morgan fingerprint density at radius 1 is 1.00 bits per heavy atom. The summed E-state index contributed by atoms with van der Waals surface area (Å²) in [6.45, 7) is 1.49. The van der Waals surface area contributed by atoms with E-state index in [1.807, 2.05) is 6.26 Å². The standard InChI is InChI=1S/C23H32N6O6S/c1-13(24)20(31)27-17(7-8-36-2)21(32)28-18(10-15-11-25-12-26-15)22(33)29-19(23(34)35)9-14-3-5-16(30)6-4-14/h3-6,11-13,17-19,30H,7-10,24H2,1-2H3,(H,25,26)(H,27,31)(H,28,32)(H,29,33)(H,34,35). The van der Waals surface area contributed by atoms with Crippen LogP contribution in [0.15, 0.2) is 36.8 Å². The summed E-state index contributed by atoms with van der Waals surface area (Å²) in [6, 6.07) is 1.76. The number of carbonyl (C=O) groups excluding carboxylic acids is 3. The zero-order valence-corrected chi connectivity index (χ0v) is 20.9. The number of carboxylic acid groups (broad SMARTS) is 1. The predicted molar refractivity (Wildman–Crippen MR) is 134 cm³/mol. The minimum Gasteiger partial charge on any atom is -0.508 e. The van der Waals surface area contributed by atoms with Crippen molar-refractivity contribution in [3.63, 3.8) is 0 Å². The van der Waals surface area contributed by atoms with Gasteiger partial charge in [-0.05, 0) is 43.0 Å². The number of nitrogens with one attached hydrogen (secondary N) is 4. The van der Waals surface area contributed by atoms with Gasteiger partial charge in [-0.25, -0.2) is 9.78 Å². The maximum Gasteiger partial charge on any atom is 0.326 e. The molecule has 36 heavy (non-hydrogen) atoms. The number of amides is 3. The van der Waals surface area contributed by atoms with Crippen LogP contribution in [0.4, 0.5) is 0 Å². The van der Waals surface area contributed by atoms with Crippen LogP contribution in [0.25, 0.3) is 0 Å². The molecule has 1 aromatic heterocycles. The number of carboxylic acids is 1. The highest BCUT2D eigenvalue weighted by molar-refractivity contribution is 7.98. The van der Waals surface area contributed by atoms with Crippen LogP contribution in [0.1, 0.15) is 24.6 Å². The fourth-order valence-corrected chi connectivity index (χ4v) is 3.72. The average molecular weight is 521 g/mol. The third-order valence-corrected chi connectivity index (χ3v) is 5.90. The first kappa shape index (κ1) is 28.7. The molecule has 0 aliphatic heterocycles. The van der Waals surface area contributed by atoms with Gasteiger partial charge in [0.1, 0.15) is 23.9 Å². The molecule has 0 spiro atoms. The highest BCUT2D eigenvalue weighted by Crippen LogP contribution is 2.12. The summed E-state index contributed by atoms with van der Waals surface area (Å²) < 4.78 is 0. The summed E-state index contributed by atoms with van der Waals surface area (Å²) in [5, 5.41) is 26.8. The number of nitrogens with zero attached hydrogens (tertiary/aromatic N) is 1. The maximum atomic E-state index is 13.2. The lowest BCUT2D eigenvalue weighted by atomic mass is 10.0. The van der Waals surface area contributed by atoms with E-state index in [1.165, 1.54) is 43.3 Å². The molecule has 0 bridgehead atoms. The number of H-pyrrole nitrogens is 1. The molecule has 8 N–H and O–H groups in total. The smallest absolute Gasteiger partial charge is 0.326 e. The molecule has 2 rings (SSSR count). The highest BCUT2D eigenvalue weighted by Gasteiger charge is 2.30. The number of benzene rings is 1. The number of rotatable bonds is 14. The van der Waals surface area contributed by atoms with Gasteiger partial charge in [0, 0.05) is 24.7 Å². The zero-order valence-electron chi connectivity index (χ0n) is 20.1. The molecular weight excluding hydrogens is 488 g/mol. The Balaban J connectivity index is 2.19. The number of hydrogen-bond acceptors (Lipinski definition) is 8. The molecule has 1 heterocycles. The minimum atomic E-state index is -1.28. The first-order valence-corrected chi connectivity index (χ1v) is 12.6. The zero-order chi connectivity index (χ0) is 26.7. The molecular formula is C23H32N6O6S. The van der Waals surface area contributed by atoms with E-state index < -0.39 is 47.9 Å². The van der Waals surface area contributed by atoms with E-state index in [0.717, 1.165) is 0 Å². The van der Waals surface area contributed by atoms with Crippen molar-refractivity contribution < 1.29 is 29.4 Å². The van der Waals surface area contributed by atoms with Gasteiger partial charge in [-0.1, -0.05) is 12.1 Å². The second-order valence-electron chi connectivity index (χ2n) is 8.24. The van der Waals surface area contributed by atoms with Crippen LogP contribution in [0.2, 0.25) is 0 Å². The van der Waals surface area contributed by atoms with E-state index >= 15 is 0 Å². The van der Waals surface area contributed by atoms with Crippen molar-refractivity contribution in [3.8, 4) is 5.75 Å². The number of thioether (sulfide) groups is 1. The number of imidazole rings is 1. The molecule has 0 aliphatic rings. The first-order chi connectivity index (χ1) is 17.1. The Morgan fingerprint density at radius 2 is 1.61 bits per heavy atom. The van der Waals surface area contributed by atoms with Crippen LogP contribution in [0.5, 0.6) is 5.75 Å². The summed E-state index contributed by atoms with van der Waals surface area (Å²) in [5.41, 5.74) is 6.74. The minimum absolute atomic E-state index is 0.0135. The number of phenols is 1. The normalized spacial score (nSPS) is 14.2. The van der Waals surface area contributed by atoms with Gasteiger partial charge in [0.05, 0.1) is 12.4 Å². The van der Waals surface area contributed by atoms with Gasteiger partial charge in [0.15, 0.2) is 0 Å². The number of hydrogen-bond donors (Lipinski definition) is 7. The van der Waals surface area contributed by atoms with Gasteiger partial charge in [0.25, 0.3) is 0 Å². The molecule has 2 aromatic rings. The second-order valence-corrected chi connectivity index (χ2v) is 9.23. The number of phenolic OH excluding ortho intramolecular Hbond substituents is 1. The monoisotopic (exact) mass is 520 g/mol. The molecule has 1 aromatic carbocycles. The van der Waals surface area contributed by atoms with E-state index in [1.54, 1.807) is 12.1 Å². The Hall–Kier alpha value is -3.58. The van der Waals surface area contributed by atoms with Gasteiger partial charge in [-0.2, -0.15) is 11.8 Å². The van der Waals surface area contributed by atoms with Crippen LogP contribution >= 0.6 is 11.8 Å². The molecule has 0 radical (unpaired) electrons. The van der Waals surface area contributed by atoms with Crippen molar-refractivity contribution in [2.75, 3.05) is 12.0 Å². The number of nitrogens with two attached hydrogens (primary N) is 1. The van der Waals surface area contributed by atoms with Crippen LogP contribution < -0.4 is 21.7 Å². The Morgan fingerprint density at radius 3 is 2.17 bits per heavy atom. The third kappa shape index (κ3) is 9.23. The SMILES string of the molecule is CSCCC(NC(=O)C(C)N)C(=O)NC(Cc1cnc[nH]1)C(=O)NC(Cc1ccc(O)cc1)C(=O)O. The van der Waals surface area contributed by atoms with Gasteiger partial charge < -0.3 is 36.9 Å². The quantitative estimate of drug-likeness (QED) is 0.172. The summed E-state index contributed by atoms with van der Waals surface area (Å²) in [7, 11) is 0. The molecule has 0 fully saturated rings. The lowest BCUT2D eigenvalue weighted by molar-refractivity contribution is -0.142. The molecule has 196 valence electrons. The van der Waals surface area contributed by atoms with Gasteiger partial charge in [-0.15, -0.1) is 0 Å². The lowest BCUT2D eigenvalue weighted by Crippen LogP contribution is -2.57. The molecule has 12 nitrogen and oxygen atoms in total. The Kier molecular flexibility index (Phi) is 11.2. The van der Waals surface area contributed by atoms with Crippen molar-refractivity contribution in [3.05, 3.63) is 48.0 Å². The predicted octanol–water partition coefficient (Wildman–Crippen LogP) is -0.460. The van der Waals surface area contributed by atoms with Crippen LogP contribution in [0.3, 0.4) is 0 Å². The van der Waals surface area contributed by atoms with Crippen molar-refractivity contribution >= 4 is 35.5 Å². The number of aromatic nitrogens is 2. The number of aliphatic carboxylic acids is 1. The van der Waals surface area contributed by atoms with Crippen LogP contribution in [-0.4, -0.2) is 80.0 Å². The topological polar surface area (TPSA) is 200 Å². The van der Waals surface area contributed by atoms with Crippen molar-refractivity contribution in [2.45, 2.75) is 50.4 Å². The fraction of sp³-hybridized carbons (Fsp3) is 0.435. The van der Waals surface area contributed by atoms with E-state index in [0.29, 0.717) is 23.4 Å². The van der Waals surface area contributed by atoms with Gasteiger partial charge >= 0.3 is 5.97 Å². The third-order valence-electron chi connectivity index (χ3n) is 5.26. The maximum absolute atomic E-state index is 13.2. The number of aromatic amines is 1. The molecule has 3 amide bonds. The lowest BCUT2D eigenvalue weighted by Gasteiger charge is -2.24. The summed E-state index contributed by atoms with van der Waals surface area (Å²) >= 11 is 1.49. The largest absolute Gasteiger partial charge is 0.508 e. The van der Waals surface area contributed by atoms with Crippen LogP contribution in [-0.2, 0) is 32.0 Å². The summed E-state index contributed by atoms with van der Waals surface area (Å²) in [6.07, 6.45) is 5.05. The van der Waals surface area contributed by atoms with E-state index in [9.17, 15) is 29.4 Å². The van der Waals surface area contributed by atoms with E-state index in [-0.39, 0.29) is 18.6 Å². The molecule has 0 saturated carbocycles. The summed E-state index contributed by atoms with van der Waals surface area (Å²) in [4.78, 5) is 57.0. The van der Waals surface area contributed by atoms with Crippen molar-refractivity contribution in [2.24, 2.45) is 5.73 Å². The van der Waals surface area contributed by atoms with Crippen molar-refractivity contribution in [1.82, 2.24) is 25.9 Å². The number of aromatic hydroxyl groups is 1. The van der Waals surface area contributed by atoms with Crippen LogP contribution in [0, 0.1) is 0 Å². The summed E-state index contributed by atoms with van der Waals surface area (Å²) in [5.74, 6) is -2.48. The fourth-order valence-electron chi connectivity index (χ4n) is 3.25. The molecule has 13 heteroatoms. The Bertz CT molecular complexity index is 1010. The van der Waals surface area contributed by atoms with Gasteiger partial charge in [0.2, 0.25) is 17.7 Å². The van der Waals surface area contributed by atoms with Crippen molar-refractivity contribution in [1.29, 1.82) is 0 Å². The Labute approximate surface area is 212 Å². The molecule has 4 unspecified atom stereocenters.